The van der Waals surface area contributed by atoms with Gasteiger partial charge in [-0.15, -0.1) is 0 Å². The first-order valence-corrected chi connectivity index (χ1v) is 6.36. The Kier molecular flexibility index (Phi) is 3.64. The lowest BCUT2D eigenvalue weighted by molar-refractivity contribution is 0.164. The normalized spacial score (nSPS) is 24.8. The Morgan fingerprint density at radius 1 is 1.50 bits per heavy atom. The van der Waals surface area contributed by atoms with Crippen LogP contribution < -0.4 is 5.32 Å². The molecular formula is C13H22N2O. The SMILES string of the molecule is CCc1cnc(CNC2CC(C(C)C)C2)o1. The highest BCUT2D eigenvalue weighted by atomic mass is 16.4. The van der Waals surface area contributed by atoms with Crippen molar-refractivity contribution < 1.29 is 4.42 Å². The first-order valence-electron chi connectivity index (χ1n) is 6.36. The van der Waals surface area contributed by atoms with E-state index in [2.05, 4.69) is 31.1 Å². The number of hydrogen-bond donors (Lipinski definition) is 1. The minimum atomic E-state index is 0.671. The molecule has 1 aliphatic carbocycles. The van der Waals surface area contributed by atoms with Crippen molar-refractivity contribution in [1.82, 2.24) is 10.3 Å². The van der Waals surface area contributed by atoms with Gasteiger partial charge in [0.15, 0.2) is 0 Å². The van der Waals surface area contributed by atoms with Crippen molar-refractivity contribution in [3.8, 4) is 0 Å². The molecule has 0 bridgehead atoms. The highest BCUT2D eigenvalue weighted by Gasteiger charge is 2.30. The maximum Gasteiger partial charge on any atom is 0.208 e. The summed E-state index contributed by atoms with van der Waals surface area (Å²) in [5.41, 5.74) is 0. The van der Waals surface area contributed by atoms with Gasteiger partial charge in [0.05, 0.1) is 12.7 Å². The van der Waals surface area contributed by atoms with Crippen LogP contribution in [0.3, 0.4) is 0 Å². The van der Waals surface area contributed by atoms with Crippen LogP contribution in [0.1, 0.15) is 45.3 Å². The summed E-state index contributed by atoms with van der Waals surface area (Å²) in [7, 11) is 0. The van der Waals surface area contributed by atoms with Gasteiger partial charge in [-0.25, -0.2) is 4.98 Å². The summed E-state index contributed by atoms with van der Waals surface area (Å²) in [5.74, 6) is 3.54. The Labute approximate surface area is 97.6 Å². The molecule has 0 saturated heterocycles. The lowest BCUT2D eigenvalue weighted by Crippen LogP contribution is -2.42. The van der Waals surface area contributed by atoms with Crippen molar-refractivity contribution in [1.29, 1.82) is 0 Å². The number of oxazole rings is 1. The summed E-state index contributed by atoms with van der Waals surface area (Å²) >= 11 is 0. The van der Waals surface area contributed by atoms with Gasteiger partial charge in [0, 0.05) is 12.5 Å². The monoisotopic (exact) mass is 222 g/mol. The molecule has 3 heteroatoms. The van der Waals surface area contributed by atoms with Crippen LogP contribution in [0.4, 0.5) is 0 Å². The molecular weight excluding hydrogens is 200 g/mol. The highest BCUT2D eigenvalue weighted by Crippen LogP contribution is 2.33. The van der Waals surface area contributed by atoms with E-state index >= 15 is 0 Å². The van der Waals surface area contributed by atoms with Gasteiger partial charge in [-0.2, -0.15) is 0 Å². The second-order valence-electron chi connectivity index (χ2n) is 5.13. The smallest absolute Gasteiger partial charge is 0.208 e. The molecule has 0 aromatic carbocycles. The largest absolute Gasteiger partial charge is 0.444 e. The molecule has 0 amide bonds. The first-order chi connectivity index (χ1) is 7.69. The third-order valence-electron chi connectivity index (χ3n) is 3.61. The van der Waals surface area contributed by atoms with Gasteiger partial charge in [0.25, 0.3) is 0 Å². The molecule has 0 radical (unpaired) electrons. The van der Waals surface area contributed by atoms with Gasteiger partial charge in [0.1, 0.15) is 5.76 Å². The van der Waals surface area contributed by atoms with E-state index in [1.807, 2.05) is 6.20 Å². The number of hydrogen-bond acceptors (Lipinski definition) is 3. The molecule has 0 atom stereocenters. The molecule has 1 aliphatic rings. The summed E-state index contributed by atoms with van der Waals surface area (Å²) in [6.45, 7) is 7.47. The fraction of sp³-hybridized carbons (Fsp3) is 0.769. The summed E-state index contributed by atoms with van der Waals surface area (Å²) in [5, 5.41) is 3.50. The van der Waals surface area contributed by atoms with E-state index in [1.54, 1.807) is 0 Å². The Morgan fingerprint density at radius 2 is 2.25 bits per heavy atom. The van der Waals surface area contributed by atoms with Crippen molar-refractivity contribution in [3.63, 3.8) is 0 Å². The van der Waals surface area contributed by atoms with Gasteiger partial charge in [0.2, 0.25) is 5.89 Å². The average Bonchev–Trinajstić information content (AvgIpc) is 2.62. The molecule has 1 aromatic rings. The maximum atomic E-state index is 5.55. The van der Waals surface area contributed by atoms with E-state index in [1.165, 1.54) is 12.8 Å². The molecule has 0 spiro atoms. The minimum Gasteiger partial charge on any atom is -0.444 e. The molecule has 1 heterocycles. The van der Waals surface area contributed by atoms with Crippen LogP contribution in [0, 0.1) is 11.8 Å². The van der Waals surface area contributed by atoms with Crippen LogP contribution in [0.15, 0.2) is 10.6 Å². The molecule has 1 N–H and O–H groups in total. The molecule has 90 valence electrons. The fourth-order valence-corrected chi connectivity index (χ4v) is 2.20. The Hall–Kier alpha value is -0.830. The summed E-state index contributed by atoms with van der Waals surface area (Å²) in [6.07, 6.45) is 5.36. The van der Waals surface area contributed by atoms with Crippen LogP contribution >= 0.6 is 0 Å². The molecule has 3 nitrogen and oxygen atoms in total. The lowest BCUT2D eigenvalue weighted by Gasteiger charge is -2.38. The zero-order valence-electron chi connectivity index (χ0n) is 10.5. The summed E-state index contributed by atoms with van der Waals surface area (Å²) < 4.78 is 5.55. The molecule has 0 aliphatic heterocycles. The number of nitrogens with zero attached hydrogens (tertiary/aromatic N) is 1. The highest BCUT2D eigenvalue weighted by molar-refractivity contribution is 4.94. The summed E-state index contributed by atoms with van der Waals surface area (Å²) in [6, 6.07) is 0.671. The van der Waals surface area contributed by atoms with Crippen molar-refractivity contribution in [2.45, 2.75) is 52.6 Å². The van der Waals surface area contributed by atoms with Crippen LogP contribution in [0.25, 0.3) is 0 Å². The van der Waals surface area contributed by atoms with Crippen molar-refractivity contribution in [2.24, 2.45) is 11.8 Å². The molecule has 16 heavy (non-hydrogen) atoms. The van der Waals surface area contributed by atoms with E-state index in [4.69, 9.17) is 4.42 Å². The number of nitrogens with one attached hydrogen (secondary N) is 1. The van der Waals surface area contributed by atoms with E-state index in [0.717, 1.165) is 36.5 Å². The van der Waals surface area contributed by atoms with E-state index in [0.29, 0.717) is 6.04 Å². The number of aromatic nitrogens is 1. The second-order valence-corrected chi connectivity index (χ2v) is 5.13. The lowest BCUT2D eigenvalue weighted by atomic mass is 9.74. The number of rotatable bonds is 5. The molecule has 2 rings (SSSR count). The van der Waals surface area contributed by atoms with Gasteiger partial charge < -0.3 is 9.73 Å². The van der Waals surface area contributed by atoms with Gasteiger partial charge >= 0.3 is 0 Å². The summed E-state index contributed by atoms with van der Waals surface area (Å²) in [4.78, 5) is 4.24. The van der Waals surface area contributed by atoms with Gasteiger partial charge in [-0.1, -0.05) is 20.8 Å². The Balaban J connectivity index is 1.69. The predicted octanol–water partition coefficient (Wildman–Crippen LogP) is 2.76. The van der Waals surface area contributed by atoms with Crippen molar-refractivity contribution in [3.05, 3.63) is 17.8 Å². The third kappa shape index (κ3) is 2.64. The molecule has 0 unspecified atom stereocenters. The Bertz CT molecular complexity index is 326. The Morgan fingerprint density at radius 3 is 2.81 bits per heavy atom. The second kappa shape index (κ2) is 5.00. The molecule has 1 fully saturated rings. The van der Waals surface area contributed by atoms with Crippen LogP contribution in [0.2, 0.25) is 0 Å². The number of aryl methyl sites for hydroxylation is 1. The van der Waals surface area contributed by atoms with Crippen LogP contribution in [-0.4, -0.2) is 11.0 Å². The van der Waals surface area contributed by atoms with E-state index in [9.17, 15) is 0 Å². The molecule has 1 saturated carbocycles. The van der Waals surface area contributed by atoms with Crippen molar-refractivity contribution in [2.75, 3.05) is 0 Å². The first kappa shape index (κ1) is 11.6. The van der Waals surface area contributed by atoms with Gasteiger partial charge in [-0.3, -0.25) is 0 Å². The standard InChI is InChI=1S/C13H22N2O/c1-4-12-7-15-13(16-12)8-14-11-5-10(6-11)9(2)3/h7,9-11,14H,4-6,8H2,1-3H3. The van der Waals surface area contributed by atoms with Gasteiger partial charge in [-0.05, 0) is 24.7 Å². The van der Waals surface area contributed by atoms with E-state index in [-0.39, 0.29) is 0 Å². The third-order valence-corrected chi connectivity index (χ3v) is 3.61. The van der Waals surface area contributed by atoms with Crippen molar-refractivity contribution >= 4 is 0 Å². The average molecular weight is 222 g/mol. The zero-order chi connectivity index (χ0) is 11.5. The quantitative estimate of drug-likeness (QED) is 0.832. The van der Waals surface area contributed by atoms with E-state index < -0.39 is 0 Å². The fourth-order valence-electron chi connectivity index (χ4n) is 2.20. The predicted molar refractivity (Wildman–Crippen MR) is 64.1 cm³/mol. The topological polar surface area (TPSA) is 38.1 Å². The van der Waals surface area contributed by atoms with Crippen LogP contribution in [0.5, 0.6) is 0 Å². The maximum absolute atomic E-state index is 5.55. The minimum absolute atomic E-state index is 0.671. The zero-order valence-corrected chi connectivity index (χ0v) is 10.5. The molecule has 1 aromatic heterocycles. The van der Waals surface area contributed by atoms with Crippen LogP contribution in [-0.2, 0) is 13.0 Å².